The summed E-state index contributed by atoms with van der Waals surface area (Å²) in [5.74, 6) is 0.664. The topological polar surface area (TPSA) is 61.9 Å². The number of aryl methyl sites for hydroxylation is 1. The van der Waals surface area contributed by atoms with Gasteiger partial charge in [0.05, 0.1) is 18.4 Å². The Bertz CT molecular complexity index is 648. The summed E-state index contributed by atoms with van der Waals surface area (Å²) >= 11 is 0. The molecule has 0 aliphatic heterocycles. The fraction of sp³-hybridized carbons (Fsp3) is 0.353. The first-order valence-electron chi connectivity index (χ1n) is 7.33. The van der Waals surface area contributed by atoms with Gasteiger partial charge in [-0.15, -0.1) is 6.58 Å². The maximum atomic E-state index is 12.8. The smallest absolute Gasteiger partial charge is 0.230 e. The van der Waals surface area contributed by atoms with Gasteiger partial charge in [0.2, 0.25) is 5.91 Å². The van der Waals surface area contributed by atoms with E-state index in [2.05, 4.69) is 21.5 Å². The molecule has 1 atom stereocenters. The predicted octanol–water partition coefficient (Wildman–Crippen LogP) is 3.25. The number of carbonyl (C=O) groups is 1. The van der Waals surface area contributed by atoms with Gasteiger partial charge in [-0.3, -0.25) is 9.78 Å². The van der Waals surface area contributed by atoms with Crippen molar-refractivity contribution in [2.75, 3.05) is 4.90 Å². The van der Waals surface area contributed by atoms with Crippen LogP contribution in [-0.2, 0) is 11.3 Å². The number of amides is 1. The fourth-order valence-corrected chi connectivity index (χ4v) is 2.39. The Balaban J connectivity index is 2.28. The molecule has 116 valence electrons. The lowest BCUT2D eigenvalue weighted by Crippen LogP contribution is -2.35. The Hall–Kier alpha value is -2.43. The highest BCUT2D eigenvalue weighted by Gasteiger charge is 2.23. The monoisotopic (exact) mass is 298 g/mol. The third kappa shape index (κ3) is 4.04. The first-order valence-corrected chi connectivity index (χ1v) is 7.33. The molecule has 5 heteroatoms. The van der Waals surface area contributed by atoms with Crippen LogP contribution in [-0.4, -0.2) is 20.9 Å². The molecule has 0 unspecified atom stereocenters. The number of allylic oxidation sites excluding steroid dienone is 1. The number of H-pyrrole nitrogens is 1. The molecule has 5 nitrogen and oxygen atoms in total. The zero-order chi connectivity index (χ0) is 16.1. The minimum absolute atomic E-state index is 0.0480. The number of aromatic amines is 1. The number of nitrogens with zero attached hydrogens (tertiary/aromatic N) is 3. The van der Waals surface area contributed by atoms with E-state index >= 15 is 0 Å². The van der Waals surface area contributed by atoms with Crippen molar-refractivity contribution in [3.8, 4) is 0 Å². The maximum absolute atomic E-state index is 12.8. The second-order valence-corrected chi connectivity index (χ2v) is 5.74. The summed E-state index contributed by atoms with van der Waals surface area (Å²) in [5, 5.41) is 0. The Labute approximate surface area is 131 Å². The number of rotatable bonds is 6. The van der Waals surface area contributed by atoms with E-state index in [-0.39, 0.29) is 11.8 Å². The molecular weight excluding hydrogens is 276 g/mol. The van der Waals surface area contributed by atoms with Gasteiger partial charge in [0.25, 0.3) is 0 Å². The van der Waals surface area contributed by atoms with Crippen molar-refractivity contribution < 1.29 is 4.79 Å². The van der Waals surface area contributed by atoms with Gasteiger partial charge in [-0.05, 0) is 31.9 Å². The highest BCUT2D eigenvalue weighted by atomic mass is 16.2. The Morgan fingerprint density at radius 2 is 2.23 bits per heavy atom. The van der Waals surface area contributed by atoms with Crippen molar-refractivity contribution in [1.29, 1.82) is 0 Å². The molecule has 0 spiro atoms. The first-order chi connectivity index (χ1) is 10.5. The van der Waals surface area contributed by atoms with E-state index in [9.17, 15) is 4.79 Å². The maximum Gasteiger partial charge on any atom is 0.230 e. The first kappa shape index (κ1) is 15.9. The average molecular weight is 298 g/mol. The zero-order valence-electron chi connectivity index (χ0n) is 13.3. The largest absolute Gasteiger partial charge is 0.347 e. The van der Waals surface area contributed by atoms with Crippen LogP contribution in [0, 0.1) is 12.8 Å². The highest BCUT2D eigenvalue weighted by molar-refractivity contribution is 5.94. The van der Waals surface area contributed by atoms with Gasteiger partial charge in [0.1, 0.15) is 5.82 Å². The third-order valence-corrected chi connectivity index (χ3v) is 3.38. The van der Waals surface area contributed by atoms with Gasteiger partial charge in [-0.2, -0.15) is 0 Å². The minimum Gasteiger partial charge on any atom is -0.347 e. The standard InChI is InChI=1S/C17H22N4O/c1-12(2)7-14(4)17(22)21(11-16-19-5-6-20-16)15-8-13(3)9-18-10-15/h5-6,8-10,14H,1,7,11H2,2-4H3,(H,19,20)/t14-/m0/s1. The Morgan fingerprint density at radius 1 is 1.45 bits per heavy atom. The number of imidazole rings is 1. The van der Waals surface area contributed by atoms with Crippen LogP contribution in [0.3, 0.4) is 0 Å². The second kappa shape index (κ2) is 7.02. The van der Waals surface area contributed by atoms with Crippen molar-refractivity contribution in [1.82, 2.24) is 15.0 Å². The Kier molecular flexibility index (Phi) is 5.09. The molecule has 0 bridgehead atoms. The lowest BCUT2D eigenvalue weighted by Gasteiger charge is -2.25. The van der Waals surface area contributed by atoms with Gasteiger partial charge in [0, 0.05) is 24.5 Å². The molecule has 1 N–H and O–H groups in total. The number of aromatic nitrogens is 3. The number of hydrogen-bond acceptors (Lipinski definition) is 3. The summed E-state index contributed by atoms with van der Waals surface area (Å²) in [6, 6.07) is 1.96. The van der Waals surface area contributed by atoms with E-state index in [1.165, 1.54) is 0 Å². The lowest BCUT2D eigenvalue weighted by molar-refractivity contribution is -0.122. The Morgan fingerprint density at radius 3 is 2.82 bits per heavy atom. The number of nitrogens with one attached hydrogen (secondary N) is 1. The summed E-state index contributed by atoms with van der Waals surface area (Å²) in [6.07, 6.45) is 7.60. The van der Waals surface area contributed by atoms with E-state index in [0.717, 1.165) is 22.6 Å². The third-order valence-electron chi connectivity index (χ3n) is 3.38. The number of pyridine rings is 1. The number of hydrogen-bond donors (Lipinski definition) is 1. The molecule has 1 amide bonds. The van der Waals surface area contributed by atoms with E-state index in [4.69, 9.17) is 0 Å². The minimum atomic E-state index is -0.132. The summed E-state index contributed by atoms with van der Waals surface area (Å²) in [6.45, 7) is 10.1. The molecule has 0 saturated carbocycles. The second-order valence-electron chi connectivity index (χ2n) is 5.74. The van der Waals surface area contributed by atoms with E-state index < -0.39 is 0 Å². The molecule has 2 rings (SSSR count). The molecule has 0 aromatic carbocycles. The molecule has 0 aliphatic carbocycles. The molecule has 0 radical (unpaired) electrons. The van der Waals surface area contributed by atoms with E-state index in [0.29, 0.717) is 13.0 Å². The SMILES string of the molecule is C=C(C)C[C@H](C)C(=O)N(Cc1ncc[nH]1)c1cncc(C)c1. The molecule has 0 fully saturated rings. The van der Waals surface area contributed by atoms with Crippen LogP contribution in [0.5, 0.6) is 0 Å². The summed E-state index contributed by atoms with van der Waals surface area (Å²) in [7, 11) is 0. The van der Waals surface area contributed by atoms with Gasteiger partial charge in [0.15, 0.2) is 0 Å². The van der Waals surface area contributed by atoms with Crippen molar-refractivity contribution >= 4 is 11.6 Å². The summed E-state index contributed by atoms with van der Waals surface area (Å²) in [4.78, 5) is 26.0. The van der Waals surface area contributed by atoms with Crippen LogP contribution in [0.4, 0.5) is 5.69 Å². The highest BCUT2D eigenvalue weighted by Crippen LogP contribution is 2.21. The quantitative estimate of drug-likeness (QED) is 0.833. The van der Waals surface area contributed by atoms with Crippen LogP contribution in [0.15, 0.2) is 43.0 Å². The fourth-order valence-electron chi connectivity index (χ4n) is 2.39. The lowest BCUT2D eigenvalue weighted by atomic mass is 10.0. The van der Waals surface area contributed by atoms with E-state index in [1.807, 2.05) is 26.8 Å². The van der Waals surface area contributed by atoms with Gasteiger partial charge in [-0.1, -0.05) is 12.5 Å². The van der Waals surface area contributed by atoms with Crippen LogP contribution in [0.1, 0.15) is 31.7 Å². The van der Waals surface area contributed by atoms with Gasteiger partial charge in [-0.25, -0.2) is 4.98 Å². The summed E-state index contributed by atoms with van der Waals surface area (Å²) < 4.78 is 0. The van der Waals surface area contributed by atoms with Crippen molar-refractivity contribution in [2.24, 2.45) is 5.92 Å². The van der Waals surface area contributed by atoms with Crippen LogP contribution < -0.4 is 4.90 Å². The summed E-state index contributed by atoms with van der Waals surface area (Å²) in [5.41, 5.74) is 2.80. The average Bonchev–Trinajstić information content (AvgIpc) is 2.96. The molecule has 2 aromatic heterocycles. The van der Waals surface area contributed by atoms with Crippen molar-refractivity contribution in [2.45, 2.75) is 33.7 Å². The zero-order valence-corrected chi connectivity index (χ0v) is 13.3. The van der Waals surface area contributed by atoms with Crippen molar-refractivity contribution in [3.63, 3.8) is 0 Å². The predicted molar refractivity (Wildman–Crippen MR) is 87.3 cm³/mol. The van der Waals surface area contributed by atoms with E-state index in [1.54, 1.807) is 29.7 Å². The molecule has 0 saturated heterocycles. The molecule has 0 aliphatic rings. The molecular formula is C17H22N4O. The normalized spacial score (nSPS) is 12.0. The molecule has 2 heterocycles. The molecule has 22 heavy (non-hydrogen) atoms. The molecule has 2 aromatic rings. The van der Waals surface area contributed by atoms with Gasteiger partial charge < -0.3 is 9.88 Å². The van der Waals surface area contributed by atoms with Gasteiger partial charge >= 0.3 is 0 Å². The van der Waals surface area contributed by atoms with Crippen molar-refractivity contribution in [3.05, 3.63) is 54.4 Å². The number of carbonyl (C=O) groups excluding carboxylic acids is 1. The van der Waals surface area contributed by atoms with Crippen LogP contribution in [0.2, 0.25) is 0 Å². The van der Waals surface area contributed by atoms with Crippen LogP contribution >= 0.6 is 0 Å². The van der Waals surface area contributed by atoms with Crippen LogP contribution in [0.25, 0.3) is 0 Å². The number of anilines is 1.